The second-order valence-electron chi connectivity index (χ2n) is 5.39. The molecule has 5 nitrogen and oxygen atoms in total. The molecule has 1 unspecified atom stereocenters. The summed E-state index contributed by atoms with van der Waals surface area (Å²) in [6.45, 7) is 0.657. The largest absolute Gasteiger partial charge is 0.497 e. The number of hydrogen-bond donors (Lipinski definition) is 2. The van der Waals surface area contributed by atoms with E-state index in [0.29, 0.717) is 6.61 Å². The third-order valence-electron chi connectivity index (χ3n) is 3.78. The molecular formula is C18H20N2O3. The summed E-state index contributed by atoms with van der Waals surface area (Å²) < 4.78 is 10.6. The predicted molar refractivity (Wildman–Crippen MR) is 90.3 cm³/mol. The lowest BCUT2D eigenvalue weighted by Gasteiger charge is -2.15. The van der Waals surface area contributed by atoms with Crippen LogP contribution in [0.2, 0.25) is 0 Å². The molecule has 0 aliphatic carbocycles. The Labute approximate surface area is 135 Å². The summed E-state index contributed by atoms with van der Waals surface area (Å²) >= 11 is 0. The Bertz CT molecular complexity index is 664. The van der Waals surface area contributed by atoms with Crippen LogP contribution in [-0.2, 0) is 9.53 Å². The number of nitrogens with one attached hydrogen (secondary N) is 2. The minimum Gasteiger partial charge on any atom is -0.497 e. The molecule has 3 rings (SSSR count). The first-order valence-corrected chi connectivity index (χ1v) is 7.69. The van der Waals surface area contributed by atoms with Crippen LogP contribution >= 0.6 is 0 Å². The molecule has 1 amide bonds. The lowest BCUT2D eigenvalue weighted by Crippen LogP contribution is -2.27. The van der Waals surface area contributed by atoms with Crippen molar-refractivity contribution in [3.63, 3.8) is 0 Å². The number of para-hydroxylation sites is 2. The van der Waals surface area contributed by atoms with Gasteiger partial charge in [-0.2, -0.15) is 0 Å². The first-order chi connectivity index (χ1) is 11.3. The smallest absolute Gasteiger partial charge is 0.253 e. The molecule has 1 saturated heterocycles. The molecule has 0 spiro atoms. The Morgan fingerprint density at radius 3 is 2.52 bits per heavy atom. The van der Waals surface area contributed by atoms with Gasteiger partial charge in [0, 0.05) is 12.3 Å². The van der Waals surface area contributed by atoms with E-state index < -0.39 is 0 Å². The van der Waals surface area contributed by atoms with E-state index in [-0.39, 0.29) is 12.0 Å². The number of rotatable bonds is 5. The first-order valence-electron chi connectivity index (χ1n) is 7.69. The molecule has 1 heterocycles. The summed E-state index contributed by atoms with van der Waals surface area (Å²) in [5.41, 5.74) is 2.50. The maximum absolute atomic E-state index is 12.2. The second kappa shape index (κ2) is 7.15. The van der Waals surface area contributed by atoms with Crippen LogP contribution in [0.1, 0.15) is 12.8 Å². The van der Waals surface area contributed by atoms with Crippen molar-refractivity contribution >= 4 is 23.0 Å². The van der Waals surface area contributed by atoms with Crippen molar-refractivity contribution in [1.29, 1.82) is 0 Å². The second-order valence-corrected chi connectivity index (χ2v) is 5.39. The van der Waals surface area contributed by atoms with Crippen molar-refractivity contribution in [1.82, 2.24) is 0 Å². The lowest BCUT2D eigenvalue weighted by molar-refractivity contribution is -0.124. The monoisotopic (exact) mass is 312 g/mol. The Hall–Kier alpha value is -2.53. The summed E-state index contributed by atoms with van der Waals surface area (Å²) in [5.74, 6) is 0.710. The van der Waals surface area contributed by atoms with Crippen molar-refractivity contribution in [2.45, 2.75) is 18.9 Å². The quantitative estimate of drug-likeness (QED) is 0.886. The molecular weight excluding hydrogens is 292 g/mol. The van der Waals surface area contributed by atoms with E-state index in [2.05, 4.69) is 10.6 Å². The highest BCUT2D eigenvalue weighted by Crippen LogP contribution is 2.27. The summed E-state index contributed by atoms with van der Waals surface area (Å²) in [6, 6.07) is 15.2. The summed E-state index contributed by atoms with van der Waals surface area (Å²) in [4.78, 5) is 12.2. The van der Waals surface area contributed by atoms with E-state index in [4.69, 9.17) is 9.47 Å². The molecule has 120 valence electrons. The third kappa shape index (κ3) is 3.81. The van der Waals surface area contributed by atoms with Gasteiger partial charge in [-0.1, -0.05) is 12.1 Å². The van der Waals surface area contributed by atoms with Gasteiger partial charge in [0.25, 0.3) is 5.91 Å². The van der Waals surface area contributed by atoms with Crippen molar-refractivity contribution < 1.29 is 14.3 Å². The van der Waals surface area contributed by atoms with Gasteiger partial charge in [-0.25, -0.2) is 0 Å². The third-order valence-corrected chi connectivity index (χ3v) is 3.78. The first kappa shape index (κ1) is 15.4. The molecule has 23 heavy (non-hydrogen) atoms. The molecule has 1 atom stereocenters. The normalized spacial score (nSPS) is 16.8. The van der Waals surface area contributed by atoms with Crippen molar-refractivity contribution in [3.05, 3.63) is 48.5 Å². The summed E-state index contributed by atoms with van der Waals surface area (Å²) in [7, 11) is 1.64. The van der Waals surface area contributed by atoms with Gasteiger partial charge in [0.2, 0.25) is 0 Å². The zero-order valence-corrected chi connectivity index (χ0v) is 13.0. The minimum atomic E-state index is -0.343. The van der Waals surface area contributed by atoms with Crippen LogP contribution in [0.5, 0.6) is 5.75 Å². The van der Waals surface area contributed by atoms with E-state index in [1.54, 1.807) is 7.11 Å². The van der Waals surface area contributed by atoms with Gasteiger partial charge in [0.05, 0.1) is 18.5 Å². The van der Waals surface area contributed by atoms with E-state index in [9.17, 15) is 4.79 Å². The zero-order valence-electron chi connectivity index (χ0n) is 13.0. The van der Waals surface area contributed by atoms with Crippen molar-refractivity contribution in [2.24, 2.45) is 0 Å². The van der Waals surface area contributed by atoms with Gasteiger partial charge in [-0.15, -0.1) is 0 Å². The Morgan fingerprint density at radius 1 is 1.13 bits per heavy atom. The maximum Gasteiger partial charge on any atom is 0.253 e. The molecule has 5 heteroatoms. The Morgan fingerprint density at radius 2 is 1.87 bits per heavy atom. The predicted octanol–water partition coefficient (Wildman–Crippen LogP) is 3.56. The highest BCUT2D eigenvalue weighted by atomic mass is 16.5. The van der Waals surface area contributed by atoms with E-state index in [0.717, 1.165) is 35.7 Å². The molecule has 2 aromatic carbocycles. The van der Waals surface area contributed by atoms with Crippen LogP contribution in [0, 0.1) is 0 Å². The highest BCUT2D eigenvalue weighted by Gasteiger charge is 2.24. The molecule has 0 radical (unpaired) electrons. The number of carbonyl (C=O) groups is 1. The van der Waals surface area contributed by atoms with Crippen LogP contribution < -0.4 is 15.4 Å². The van der Waals surface area contributed by atoms with Gasteiger partial charge in [-0.3, -0.25) is 4.79 Å². The Balaban J connectivity index is 1.72. The number of benzene rings is 2. The molecule has 0 bridgehead atoms. The van der Waals surface area contributed by atoms with Gasteiger partial charge in [0.15, 0.2) is 0 Å². The van der Waals surface area contributed by atoms with Gasteiger partial charge in [0.1, 0.15) is 11.9 Å². The molecule has 0 saturated carbocycles. The molecule has 0 aromatic heterocycles. The van der Waals surface area contributed by atoms with Crippen LogP contribution in [0.3, 0.4) is 0 Å². The van der Waals surface area contributed by atoms with Crippen LogP contribution in [0.4, 0.5) is 17.1 Å². The number of carbonyl (C=O) groups excluding carboxylic acids is 1. The SMILES string of the molecule is COc1ccc(Nc2ccccc2NC(=O)C2CCCO2)cc1. The fraction of sp³-hybridized carbons (Fsp3) is 0.278. The van der Waals surface area contributed by atoms with Gasteiger partial charge in [-0.05, 0) is 49.2 Å². The van der Waals surface area contributed by atoms with Crippen molar-refractivity contribution in [2.75, 3.05) is 24.4 Å². The molecule has 1 fully saturated rings. The van der Waals surface area contributed by atoms with Gasteiger partial charge < -0.3 is 20.1 Å². The number of methoxy groups -OCH3 is 1. The Kier molecular flexibility index (Phi) is 4.78. The zero-order chi connectivity index (χ0) is 16.1. The standard InChI is InChI=1S/C18H20N2O3/c1-22-14-10-8-13(9-11-14)19-15-5-2-3-6-16(15)20-18(21)17-7-4-12-23-17/h2-3,5-6,8-11,17,19H,4,7,12H2,1H3,(H,20,21). The number of amides is 1. The van der Waals surface area contributed by atoms with Gasteiger partial charge >= 0.3 is 0 Å². The average Bonchev–Trinajstić information content (AvgIpc) is 3.12. The lowest BCUT2D eigenvalue weighted by atomic mass is 10.2. The number of hydrogen-bond acceptors (Lipinski definition) is 4. The average molecular weight is 312 g/mol. The fourth-order valence-electron chi connectivity index (χ4n) is 2.53. The van der Waals surface area contributed by atoms with Crippen LogP contribution in [-0.4, -0.2) is 25.7 Å². The summed E-state index contributed by atoms with van der Waals surface area (Å²) in [5, 5.41) is 6.25. The van der Waals surface area contributed by atoms with Crippen LogP contribution in [0.15, 0.2) is 48.5 Å². The van der Waals surface area contributed by atoms with E-state index in [1.165, 1.54) is 0 Å². The van der Waals surface area contributed by atoms with E-state index >= 15 is 0 Å². The minimum absolute atomic E-state index is 0.0912. The fourth-order valence-corrected chi connectivity index (χ4v) is 2.53. The highest BCUT2D eigenvalue weighted by molar-refractivity contribution is 5.97. The molecule has 1 aliphatic rings. The maximum atomic E-state index is 12.2. The molecule has 1 aliphatic heterocycles. The molecule has 2 N–H and O–H groups in total. The molecule has 2 aromatic rings. The summed E-state index contributed by atoms with van der Waals surface area (Å²) in [6.07, 6.45) is 1.37. The van der Waals surface area contributed by atoms with Crippen LogP contribution in [0.25, 0.3) is 0 Å². The topological polar surface area (TPSA) is 59.6 Å². The number of anilines is 3. The number of ether oxygens (including phenoxy) is 2. The van der Waals surface area contributed by atoms with E-state index in [1.807, 2.05) is 48.5 Å². The van der Waals surface area contributed by atoms with Crippen molar-refractivity contribution in [3.8, 4) is 5.75 Å².